The molecule has 2 aromatic rings. The topological polar surface area (TPSA) is 95.7 Å². The minimum atomic E-state index is -0.454. The van der Waals surface area contributed by atoms with Crippen LogP contribution >= 0.6 is 0 Å². The van der Waals surface area contributed by atoms with Crippen LogP contribution in [0.3, 0.4) is 0 Å². The van der Waals surface area contributed by atoms with Gasteiger partial charge < -0.3 is 15.1 Å². The largest absolute Gasteiger partial charge is 0.467 e. The summed E-state index contributed by atoms with van der Waals surface area (Å²) < 4.78 is 5.07. The molecule has 0 aliphatic carbocycles. The van der Waals surface area contributed by atoms with Crippen molar-refractivity contribution in [1.82, 2.24) is 16.1 Å². The summed E-state index contributed by atoms with van der Waals surface area (Å²) in [5.74, 6) is 0.234. The molecular weight excluding hydrogens is 296 g/mol. The molecule has 0 saturated carbocycles. The highest BCUT2D eigenvalue weighted by molar-refractivity contribution is 5.84. The molecular formula is C16H18N4O3. The first-order valence-corrected chi connectivity index (χ1v) is 7.12. The van der Waals surface area contributed by atoms with E-state index in [2.05, 4.69) is 21.2 Å². The minimum Gasteiger partial charge on any atom is -0.467 e. The molecule has 3 N–H and O–H groups in total. The van der Waals surface area contributed by atoms with Gasteiger partial charge in [0, 0.05) is 12.6 Å². The van der Waals surface area contributed by atoms with Crippen LogP contribution in [-0.2, 0) is 17.8 Å². The van der Waals surface area contributed by atoms with E-state index in [9.17, 15) is 9.59 Å². The zero-order chi connectivity index (χ0) is 16.3. The lowest BCUT2D eigenvalue weighted by Crippen LogP contribution is -2.40. The van der Waals surface area contributed by atoms with Crippen molar-refractivity contribution in [3.05, 3.63) is 60.1 Å². The van der Waals surface area contributed by atoms with Crippen LogP contribution in [0.5, 0.6) is 0 Å². The van der Waals surface area contributed by atoms with Crippen LogP contribution in [0.15, 0.2) is 58.2 Å². The quantitative estimate of drug-likeness (QED) is 0.533. The van der Waals surface area contributed by atoms with E-state index in [1.165, 1.54) is 6.26 Å². The molecule has 1 heterocycles. The molecule has 23 heavy (non-hydrogen) atoms. The van der Waals surface area contributed by atoms with Gasteiger partial charge in [-0.15, -0.1) is 0 Å². The number of carbonyl (C=O) groups excluding carboxylic acids is 2. The zero-order valence-electron chi connectivity index (χ0n) is 12.5. The van der Waals surface area contributed by atoms with Gasteiger partial charge in [0.25, 0.3) is 5.91 Å². The van der Waals surface area contributed by atoms with Crippen molar-refractivity contribution >= 4 is 18.2 Å². The molecule has 0 saturated heterocycles. The number of urea groups is 1. The monoisotopic (exact) mass is 314 g/mol. The van der Waals surface area contributed by atoms with Gasteiger partial charge >= 0.3 is 6.03 Å². The maximum atomic E-state index is 11.5. The third-order valence-corrected chi connectivity index (χ3v) is 2.86. The van der Waals surface area contributed by atoms with E-state index < -0.39 is 11.9 Å². The Hall–Kier alpha value is -3.09. The van der Waals surface area contributed by atoms with Crippen molar-refractivity contribution in [1.29, 1.82) is 0 Å². The van der Waals surface area contributed by atoms with Crippen LogP contribution < -0.4 is 16.1 Å². The standard InChI is InChI=1S/C16H18N4O3/c21-15(20-19-9-8-13-5-2-1-3-6-13)12-18-16(22)17-11-14-7-4-10-23-14/h1-7,9-10H,8,11-12H2,(H,20,21)(H2,17,18,22)/b19-9-. The van der Waals surface area contributed by atoms with Gasteiger partial charge in [0.15, 0.2) is 0 Å². The summed E-state index contributed by atoms with van der Waals surface area (Å²) in [5.41, 5.74) is 3.45. The Balaban J connectivity index is 1.58. The molecule has 0 spiro atoms. The van der Waals surface area contributed by atoms with Crippen LogP contribution in [0.2, 0.25) is 0 Å². The number of amides is 3. The molecule has 0 aliphatic heterocycles. The van der Waals surface area contributed by atoms with Gasteiger partial charge in [0.2, 0.25) is 0 Å². The molecule has 7 heteroatoms. The maximum Gasteiger partial charge on any atom is 0.315 e. The van der Waals surface area contributed by atoms with Crippen molar-refractivity contribution < 1.29 is 14.0 Å². The fraction of sp³-hybridized carbons (Fsp3) is 0.188. The second-order valence-electron chi connectivity index (χ2n) is 4.65. The molecule has 0 atom stereocenters. The van der Waals surface area contributed by atoms with Gasteiger partial charge in [-0.25, -0.2) is 10.2 Å². The molecule has 2 rings (SSSR count). The molecule has 0 unspecified atom stereocenters. The minimum absolute atomic E-state index is 0.160. The fourth-order valence-electron chi connectivity index (χ4n) is 1.73. The number of hydrogen-bond acceptors (Lipinski definition) is 4. The average molecular weight is 314 g/mol. The van der Waals surface area contributed by atoms with E-state index in [1.54, 1.807) is 18.3 Å². The van der Waals surface area contributed by atoms with E-state index in [-0.39, 0.29) is 13.1 Å². The van der Waals surface area contributed by atoms with Crippen LogP contribution in [0.4, 0.5) is 4.79 Å². The number of rotatable bonds is 7. The van der Waals surface area contributed by atoms with E-state index in [0.717, 1.165) is 5.56 Å². The van der Waals surface area contributed by atoms with E-state index >= 15 is 0 Å². The third-order valence-electron chi connectivity index (χ3n) is 2.86. The molecule has 0 fully saturated rings. The summed E-state index contributed by atoms with van der Waals surface area (Å²) in [7, 11) is 0. The fourth-order valence-corrected chi connectivity index (χ4v) is 1.73. The van der Waals surface area contributed by atoms with Crippen molar-refractivity contribution in [3.8, 4) is 0 Å². The van der Waals surface area contributed by atoms with Gasteiger partial charge in [0.05, 0.1) is 12.8 Å². The Morgan fingerprint density at radius 3 is 2.65 bits per heavy atom. The Labute approximate surface area is 133 Å². The van der Waals surface area contributed by atoms with Crippen molar-refractivity contribution in [3.63, 3.8) is 0 Å². The van der Waals surface area contributed by atoms with E-state index in [4.69, 9.17) is 4.42 Å². The van der Waals surface area contributed by atoms with Crippen LogP contribution in [0, 0.1) is 0 Å². The Morgan fingerprint density at radius 1 is 1.09 bits per heavy atom. The Morgan fingerprint density at radius 2 is 1.91 bits per heavy atom. The first kappa shape index (κ1) is 16.3. The zero-order valence-corrected chi connectivity index (χ0v) is 12.5. The summed E-state index contributed by atoms with van der Waals surface area (Å²) in [6.07, 6.45) is 3.75. The predicted molar refractivity (Wildman–Crippen MR) is 85.7 cm³/mol. The first-order valence-electron chi connectivity index (χ1n) is 7.12. The lowest BCUT2D eigenvalue weighted by molar-refractivity contribution is -0.120. The van der Waals surface area contributed by atoms with Crippen LogP contribution in [0.1, 0.15) is 11.3 Å². The Bertz CT molecular complexity index is 639. The highest BCUT2D eigenvalue weighted by Crippen LogP contribution is 1.98. The lowest BCUT2D eigenvalue weighted by atomic mass is 10.2. The molecule has 0 bridgehead atoms. The molecule has 3 amide bonds. The number of hydrogen-bond donors (Lipinski definition) is 3. The van der Waals surface area contributed by atoms with Crippen molar-refractivity contribution in [2.24, 2.45) is 5.10 Å². The smallest absolute Gasteiger partial charge is 0.315 e. The number of furan rings is 1. The Kier molecular flexibility index (Phi) is 6.40. The van der Waals surface area contributed by atoms with Gasteiger partial charge in [-0.1, -0.05) is 30.3 Å². The normalized spacial score (nSPS) is 10.4. The maximum absolute atomic E-state index is 11.5. The first-order chi connectivity index (χ1) is 11.2. The molecule has 7 nitrogen and oxygen atoms in total. The molecule has 1 aromatic carbocycles. The number of hydrazone groups is 1. The highest BCUT2D eigenvalue weighted by atomic mass is 16.3. The van der Waals surface area contributed by atoms with Crippen molar-refractivity contribution in [2.45, 2.75) is 13.0 Å². The number of carbonyl (C=O) groups is 2. The molecule has 0 radical (unpaired) electrons. The number of benzene rings is 1. The van der Waals surface area contributed by atoms with Gasteiger partial charge in [0.1, 0.15) is 12.3 Å². The summed E-state index contributed by atoms with van der Waals surface area (Å²) >= 11 is 0. The number of nitrogens with zero attached hydrogens (tertiary/aromatic N) is 1. The van der Waals surface area contributed by atoms with Gasteiger partial charge in [-0.2, -0.15) is 5.10 Å². The van der Waals surface area contributed by atoms with E-state index in [1.807, 2.05) is 30.3 Å². The lowest BCUT2D eigenvalue weighted by Gasteiger charge is -2.05. The predicted octanol–water partition coefficient (Wildman–Crippen LogP) is 1.42. The second-order valence-corrected chi connectivity index (χ2v) is 4.65. The van der Waals surface area contributed by atoms with Crippen LogP contribution in [0.25, 0.3) is 0 Å². The van der Waals surface area contributed by atoms with Gasteiger partial charge in [-0.05, 0) is 17.7 Å². The van der Waals surface area contributed by atoms with Crippen molar-refractivity contribution in [2.75, 3.05) is 6.54 Å². The average Bonchev–Trinajstić information content (AvgIpc) is 3.09. The van der Waals surface area contributed by atoms with E-state index in [0.29, 0.717) is 12.2 Å². The molecule has 120 valence electrons. The summed E-state index contributed by atoms with van der Waals surface area (Å²) in [6.45, 7) is 0.0995. The molecule has 1 aromatic heterocycles. The highest BCUT2D eigenvalue weighted by Gasteiger charge is 2.04. The summed E-state index contributed by atoms with van der Waals surface area (Å²) in [6, 6.07) is 12.8. The molecule has 0 aliphatic rings. The van der Waals surface area contributed by atoms with Gasteiger partial charge in [-0.3, -0.25) is 4.79 Å². The SMILES string of the molecule is O=C(CNC(=O)NCc1ccco1)N/N=C\Cc1ccccc1. The van der Waals surface area contributed by atoms with Crippen LogP contribution in [-0.4, -0.2) is 24.7 Å². The third kappa shape index (κ3) is 6.47. The summed E-state index contributed by atoms with van der Waals surface area (Å²) in [5, 5.41) is 8.81. The summed E-state index contributed by atoms with van der Waals surface area (Å²) in [4.78, 5) is 23.0. The number of nitrogens with one attached hydrogen (secondary N) is 3. The second kappa shape index (κ2) is 9.04.